The van der Waals surface area contributed by atoms with E-state index in [1.54, 1.807) is 27.7 Å². The first-order chi connectivity index (χ1) is 35.1. The standard InChI is InChI=1S/C57H60N8O8/c1-9-70-53(66)45(33-58)29-41-13-21-49(22-14-41)62(5)37-57(38-63(6)50-23-15-42(16-24-50)30-46(34-59)54(67)71-10-2,39-64(7)51-25-17-43(18-26-51)31-47(35-60)55(68)72-11-3)40-65(8)52-27-19-44(20-28-52)32-48(36-61)56(69)73-12-4/h13-32H,9-12,37-40H2,1-8H3/b45-29+,46-30+,47-31+,48-32+. The van der Waals surface area contributed by atoms with Gasteiger partial charge in [-0.25, -0.2) is 19.2 Å². The van der Waals surface area contributed by atoms with Gasteiger partial charge in [0.1, 0.15) is 46.6 Å². The molecule has 4 aromatic carbocycles. The molecular formula is C57H60N8O8. The van der Waals surface area contributed by atoms with Gasteiger partial charge in [-0.2, -0.15) is 21.0 Å². The highest BCUT2D eigenvalue weighted by Crippen LogP contribution is 2.32. The number of benzene rings is 4. The van der Waals surface area contributed by atoms with Crippen molar-refractivity contribution in [3.05, 3.63) is 142 Å². The van der Waals surface area contributed by atoms with Gasteiger partial charge in [-0.15, -0.1) is 0 Å². The van der Waals surface area contributed by atoms with Crippen LogP contribution in [0, 0.1) is 50.7 Å². The van der Waals surface area contributed by atoms with E-state index >= 15 is 0 Å². The Hall–Kier alpha value is -9.12. The van der Waals surface area contributed by atoms with Gasteiger partial charge in [0.2, 0.25) is 0 Å². The Labute approximate surface area is 428 Å². The van der Waals surface area contributed by atoms with Crippen LogP contribution in [0.1, 0.15) is 49.9 Å². The number of nitriles is 4. The van der Waals surface area contributed by atoms with Gasteiger partial charge in [-0.3, -0.25) is 0 Å². The molecule has 0 aliphatic heterocycles. The Kier molecular flexibility index (Phi) is 21.6. The molecule has 0 aliphatic rings. The molecule has 0 atom stereocenters. The molecule has 0 saturated carbocycles. The molecule has 0 heterocycles. The van der Waals surface area contributed by atoms with Crippen LogP contribution in [0.5, 0.6) is 0 Å². The van der Waals surface area contributed by atoms with E-state index in [2.05, 4.69) is 19.6 Å². The Morgan fingerprint density at radius 3 is 0.712 bits per heavy atom. The summed E-state index contributed by atoms with van der Waals surface area (Å²) in [5, 5.41) is 38.7. The molecule has 16 nitrogen and oxygen atoms in total. The van der Waals surface area contributed by atoms with E-state index in [1.807, 2.05) is 150 Å². The van der Waals surface area contributed by atoms with Crippen molar-refractivity contribution in [3.8, 4) is 24.3 Å². The summed E-state index contributed by atoms with van der Waals surface area (Å²) in [5.74, 6) is -2.81. The van der Waals surface area contributed by atoms with Gasteiger partial charge >= 0.3 is 23.9 Å². The zero-order chi connectivity index (χ0) is 53.5. The number of rotatable bonds is 24. The first kappa shape index (κ1) is 56.5. The highest BCUT2D eigenvalue weighted by atomic mass is 16.5. The van der Waals surface area contributed by atoms with Crippen LogP contribution in [-0.4, -0.2) is 105 Å². The summed E-state index contributed by atoms with van der Waals surface area (Å²) in [6.07, 6.45) is 5.95. The lowest BCUT2D eigenvalue weighted by Gasteiger charge is -2.46. The lowest BCUT2D eigenvalue weighted by atomic mass is 9.84. The number of esters is 4. The second-order valence-electron chi connectivity index (χ2n) is 16.9. The molecule has 0 aromatic heterocycles. The number of carbonyl (C=O) groups excluding carboxylic acids is 4. The highest BCUT2D eigenvalue weighted by Gasteiger charge is 2.37. The molecule has 16 heteroatoms. The minimum Gasteiger partial charge on any atom is -0.462 e. The van der Waals surface area contributed by atoms with Gasteiger partial charge in [-0.1, -0.05) is 48.5 Å². The van der Waals surface area contributed by atoms with Crippen molar-refractivity contribution in [1.82, 2.24) is 0 Å². The van der Waals surface area contributed by atoms with E-state index < -0.39 is 29.3 Å². The SMILES string of the molecule is CCOC(=O)/C(C#N)=C/c1ccc(N(C)CC(CN(C)c2ccc(/C=C(\C#N)C(=O)OCC)cc2)(CN(C)c2ccc(/C=C(\C#N)C(=O)OCC)cc2)CN(C)c2ccc(/C=C(\C#N)C(=O)OCC)cc2)cc1. The molecule has 73 heavy (non-hydrogen) atoms. The predicted molar refractivity (Wildman–Crippen MR) is 282 cm³/mol. The fourth-order valence-corrected chi connectivity index (χ4v) is 8.03. The maximum atomic E-state index is 12.4. The molecule has 0 fully saturated rings. The second kappa shape index (κ2) is 27.9. The van der Waals surface area contributed by atoms with E-state index in [0.29, 0.717) is 48.4 Å². The quantitative estimate of drug-likeness (QED) is 0.0279. The van der Waals surface area contributed by atoms with E-state index in [-0.39, 0.29) is 48.7 Å². The summed E-state index contributed by atoms with van der Waals surface area (Å²) in [4.78, 5) is 58.2. The third-order valence-electron chi connectivity index (χ3n) is 11.3. The van der Waals surface area contributed by atoms with Gasteiger partial charge in [0.15, 0.2) is 0 Å². The van der Waals surface area contributed by atoms with Crippen LogP contribution in [-0.2, 0) is 38.1 Å². The third-order valence-corrected chi connectivity index (χ3v) is 11.3. The molecule has 0 bridgehead atoms. The number of hydrogen-bond acceptors (Lipinski definition) is 16. The summed E-state index contributed by atoms with van der Waals surface area (Å²) in [7, 11) is 7.97. The Morgan fingerprint density at radius 1 is 0.384 bits per heavy atom. The molecule has 0 unspecified atom stereocenters. The van der Waals surface area contributed by atoms with E-state index in [9.17, 15) is 40.2 Å². The van der Waals surface area contributed by atoms with Gasteiger partial charge in [0, 0.05) is 82.5 Å². The average Bonchev–Trinajstić information content (AvgIpc) is 3.38. The maximum absolute atomic E-state index is 12.4. The first-order valence-electron chi connectivity index (χ1n) is 23.5. The molecule has 376 valence electrons. The monoisotopic (exact) mass is 984 g/mol. The fraction of sp³-hybridized carbons (Fsp3) is 0.298. The Balaban J connectivity index is 1.86. The van der Waals surface area contributed by atoms with Gasteiger partial charge in [0.25, 0.3) is 0 Å². The molecule has 4 rings (SSSR count). The van der Waals surface area contributed by atoms with Crippen molar-refractivity contribution in [1.29, 1.82) is 21.0 Å². The first-order valence-corrected chi connectivity index (χ1v) is 23.5. The lowest BCUT2D eigenvalue weighted by molar-refractivity contribution is -0.138. The van der Waals surface area contributed by atoms with Crippen LogP contribution in [0.2, 0.25) is 0 Å². The number of nitrogens with zero attached hydrogens (tertiary/aromatic N) is 8. The van der Waals surface area contributed by atoms with Crippen molar-refractivity contribution in [2.24, 2.45) is 5.41 Å². The van der Waals surface area contributed by atoms with Crippen molar-refractivity contribution in [3.63, 3.8) is 0 Å². The van der Waals surface area contributed by atoms with Crippen molar-refractivity contribution < 1.29 is 38.1 Å². The molecule has 0 aliphatic carbocycles. The summed E-state index contributed by atoms with van der Waals surface area (Å²) < 4.78 is 20.2. The second-order valence-corrected chi connectivity index (χ2v) is 16.9. The van der Waals surface area contributed by atoms with Gasteiger partial charge in [-0.05, 0) is 123 Å². The minimum atomic E-state index is -0.701. The van der Waals surface area contributed by atoms with Crippen LogP contribution in [0.15, 0.2) is 119 Å². The van der Waals surface area contributed by atoms with Crippen LogP contribution in [0.3, 0.4) is 0 Å². The zero-order valence-electron chi connectivity index (χ0n) is 42.5. The van der Waals surface area contributed by atoms with Crippen molar-refractivity contribution in [2.45, 2.75) is 27.7 Å². The normalized spacial score (nSPS) is 11.7. The van der Waals surface area contributed by atoms with Crippen LogP contribution in [0.4, 0.5) is 22.7 Å². The van der Waals surface area contributed by atoms with Crippen LogP contribution >= 0.6 is 0 Å². The third kappa shape index (κ3) is 16.5. The Bertz CT molecular complexity index is 2470. The number of hydrogen-bond donors (Lipinski definition) is 0. The fourth-order valence-electron chi connectivity index (χ4n) is 8.03. The molecule has 0 saturated heterocycles. The van der Waals surface area contributed by atoms with Crippen molar-refractivity contribution >= 4 is 70.9 Å². The topological polar surface area (TPSA) is 213 Å². The summed E-state index contributed by atoms with van der Waals surface area (Å²) in [6, 6.07) is 37.7. The molecule has 0 N–H and O–H groups in total. The minimum absolute atomic E-state index is 0.119. The smallest absolute Gasteiger partial charge is 0.348 e. The highest BCUT2D eigenvalue weighted by molar-refractivity contribution is 5.99. The molecule has 0 radical (unpaired) electrons. The molecule has 0 amide bonds. The molecular weight excluding hydrogens is 925 g/mol. The number of carbonyl (C=O) groups is 4. The predicted octanol–water partition coefficient (Wildman–Crippen LogP) is 8.40. The largest absolute Gasteiger partial charge is 0.462 e. The van der Waals surface area contributed by atoms with E-state index in [0.717, 1.165) is 22.7 Å². The van der Waals surface area contributed by atoms with Gasteiger partial charge in [0.05, 0.1) is 26.4 Å². The van der Waals surface area contributed by atoms with E-state index in [4.69, 9.17) is 18.9 Å². The molecule has 0 spiro atoms. The van der Waals surface area contributed by atoms with Crippen LogP contribution < -0.4 is 19.6 Å². The summed E-state index contributed by atoms with van der Waals surface area (Å²) in [6.45, 7) is 9.12. The maximum Gasteiger partial charge on any atom is 0.348 e. The van der Waals surface area contributed by atoms with E-state index in [1.165, 1.54) is 24.3 Å². The lowest BCUT2D eigenvalue weighted by Crippen LogP contribution is -2.55. The Morgan fingerprint density at radius 2 is 0.562 bits per heavy atom. The zero-order valence-corrected chi connectivity index (χ0v) is 42.5. The summed E-state index contributed by atoms with van der Waals surface area (Å²) in [5.41, 5.74) is 4.85. The van der Waals surface area contributed by atoms with Crippen LogP contribution in [0.25, 0.3) is 24.3 Å². The van der Waals surface area contributed by atoms with Crippen molar-refractivity contribution in [2.75, 3.05) is 100 Å². The average molecular weight is 985 g/mol. The number of ether oxygens (including phenoxy) is 4. The summed E-state index contributed by atoms with van der Waals surface area (Å²) >= 11 is 0. The van der Waals surface area contributed by atoms with Gasteiger partial charge < -0.3 is 38.5 Å². The molecule has 4 aromatic rings. The number of anilines is 4.